The monoisotopic (exact) mass is 371 g/mol. The van der Waals surface area contributed by atoms with E-state index in [0.29, 0.717) is 35.0 Å². The van der Waals surface area contributed by atoms with Gasteiger partial charge in [-0.2, -0.15) is 0 Å². The zero-order valence-corrected chi connectivity index (χ0v) is 17.3. The molecule has 0 bridgehead atoms. The first-order valence-electron chi connectivity index (χ1n) is 9.32. The van der Waals surface area contributed by atoms with Crippen molar-refractivity contribution in [2.75, 3.05) is 7.11 Å². The van der Waals surface area contributed by atoms with E-state index in [0.717, 1.165) is 11.3 Å². The Labute approximate surface area is 161 Å². The molecule has 5 heteroatoms. The number of hydrogen-bond donors (Lipinski definition) is 0. The maximum atomic E-state index is 13.2. The van der Waals surface area contributed by atoms with Gasteiger partial charge in [0.05, 0.1) is 7.11 Å². The van der Waals surface area contributed by atoms with Gasteiger partial charge >= 0.3 is 5.97 Å². The molecule has 0 fully saturated rings. The molecule has 0 spiro atoms. The van der Waals surface area contributed by atoms with Crippen molar-refractivity contribution in [1.29, 1.82) is 0 Å². The van der Waals surface area contributed by atoms with Crippen LogP contribution >= 0.6 is 0 Å². The normalized spacial score (nSPS) is 12.1. The van der Waals surface area contributed by atoms with Crippen LogP contribution in [0.25, 0.3) is 0 Å². The minimum Gasteiger partial charge on any atom is -0.482 e. The van der Waals surface area contributed by atoms with Crippen molar-refractivity contribution < 1.29 is 19.1 Å². The molecule has 0 saturated carbocycles. The molecule has 5 nitrogen and oxygen atoms in total. The van der Waals surface area contributed by atoms with Crippen LogP contribution in [-0.2, 0) is 11.3 Å². The summed E-state index contributed by atoms with van der Waals surface area (Å²) in [5.41, 5.74) is 3.42. The summed E-state index contributed by atoms with van der Waals surface area (Å²) in [6.45, 7) is 12.1. The van der Waals surface area contributed by atoms with Crippen LogP contribution in [0.4, 0.5) is 0 Å². The number of methoxy groups -OCH3 is 1. The number of para-hydroxylation sites is 1. The molecule has 0 aliphatic heterocycles. The van der Waals surface area contributed by atoms with Gasteiger partial charge in [-0.15, -0.1) is 0 Å². The quantitative estimate of drug-likeness (QED) is 0.523. The van der Waals surface area contributed by atoms with Gasteiger partial charge in [0, 0.05) is 17.8 Å². The zero-order chi connectivity index (χ0) is 20.3. The molecule has 0 aliphatic rings. The van der Waals surface area contributed by atoms with Crippen LogP contribution in [-0.4, -0.2) is 29.5 Å². The molecule has 0 amide bonds. The highest BCUT2D eigenvalue weighted by molar-refractivity contribution is 6.05. The van der Waals surface area contributed by atoms with Gasteiger partial charge in [0.15, 0.2) is 6.10 Å². The van der Waals surface area contributed by atoms with E-state index in [1.54, 1.807) is 13.8 Å². The number of nitrogens with zero attached hydrogens (tertiary/aromatic N) is 1. The number of Topliss-reactive ketones (excluding diaryl/α,β-unsaturated/α-hetero) is 1. The summed E-state index contributed by atoms with van der Waals surface area (Å²) >= 11 is 0. The van der Waals surface area contributed by atoms with Crippen molar-refractivity contribution in [2.45, 2.75) is 60.1 Å². The summed E-state index contributed by atoms with van der Waals surface area (Å²) in [6.07, 6.45) is -0.666. The standard InChI is InChI=1S/C22H29NO4/c1-8-23-15(5)19(14(4)20(23)22(25)26-7)21(24)16(6)27-18-12-10-9-11-17(18)13(2)3/h9-13,16H,8H2,1-7H3. The summed E-state index contributed by atoms with van der Waals surface area (Å²) in [5.74, 6) is 0.432. The van der Waals surface area contributed by atoms with E-state index in [9.17, 15) is 9.59 Å². The Balaban J connectivity index is 2.41. The fraction of sp³-hybridized carbons (Fsp3) is 0.455. The van der Waals surface area contributed by atoms with E-state index in [-0.39, 0.29) is 5.78 Å². The summed E-state index contributed by atoms with van der Waals surface area (Å²) in [4.78, 5) is 25.4. The minimum atomic E-state index is -0.666. The largest absolute Gasteiger partial charge is 0.482 e. The second-order valence-corrected chi connectivity index (χ2v) is 6.99. The Kier molecular flexibility index (Phi) is 6.47. The number of ketones is 1. The summed E-state index contributed by atoms with van der Waals surface area (Å²) in [6, 6.07) is 7.76. The second-order valence-electron chi connectivity index (χ2n) is 6.99. The van der Waals surface area contributed by atoms with E-state index in [2.05, 4.69) is 13.8 Å². The summed E-state index contributed by atoms with van der Waals surface area (Å²) in [5, 5.41) is 0. The fourth-order valence-electron chi connectivity index (χ4n) is 3.53. The zero-order valence-electron chi connectivity index (χ0n) is 17.3. The van der Waals surface area contributed by atoms with Gasteiger partial charge in [-0.05, 0) is 50.8 Å². The average molecular weight is 371 g/mol. The van der Waals surface area contributed by atoms with Gasteiger partial charge in [-0.25, -0.2) is 4.79 Å². The molecule has 1 aromatic carbocycles. The second kappa shape index (κ2) is 8.42. The molecule has 2 aromatic rings. The van der Waals surface area contributed by atoms with Crippen LogP contribution < -0.4 is 4.74 Å². The molecule has 1 aromatic heterocycles. The lowest BCUT2D eigenvalue weighted by molar-refractivity contribution is 0.0587. The molecule has 146 valence electrons. The van der Waals surface area contributed by atoms with Gasteiger partial charge in [0.2, 0.25) is 5.78 Å². The number of esters is 1. The number of benzene rings is 1. The minimum absolute atomic E-state index is 0.138. The molecule has 27 heavy (non-hydrogen) atoms. The summed E-state index contributed by atoms with van der Waals surface area (Å²) < 4.78 is 12.8. The Morgan fingerprint density at radius 1 is 1.11 bits per heavy atom. The predicted molar refractivity (Wildman–Crippen MR) is 106 cm³/mol. The first-order chi connectivity index (χ1) is 12.7. The van der Waals surface area contributed by atoms with Crippen LogP contribution in [0.2, 0.25) is 0 Å². The Morgan fingerprint density at radius 2 is 1.74 bits per heavy atom. The number of carbonyl (C=O) groups is 2. The van der Waals surface area contributed by atoms with Crippen molar-refractivity contribution in [2.24, 2.45) is 0 Å². The van der Waals surface area contributed by atoms with E-state index >= 15 is 0 Å². The van der Waals surface area contributed by atoms with Gasteiger partial charge in [-0.3, -0.25) is 4.79 Å². The van der Waals surface area contributed by atoms with Gasteiger partial charge in [0.1, 0.15) is 11.4 Å². The number of aromatic nitrogens is 1. The fourth-order valence-corrected chi connectivity index (χ4v) is 3.53. The van der Waals surface area contributed by atoms with Gasteiger partial charge < -0.3 is 14.0 Å². The lowest BCUT2D eigenvalue weighted by atomic mass is 10.0. The van der Waals surface area contributed by atoms with Crippen molar-refractivity contribution in [3.8, 4) is 5.75 Å². The van der Waals surface area contributed by atoms with Crippen LogP contribution in [0.3, 0.4) is 0 Å². The van der Waals surface area contributed by atoms with E-state index < -0.39 is 12.1 Å². The molecule has 1 heterocycles. The molecule has 0 radical (unpaired) electrons. The van der Waals surface area contributed by atoms with Crippen LogP contribution in [0, 0.1) is 13.8 Å². The Bertz CT molecular complexity index is 848. The van der Waals surface area contributed by atoms with Crippen molar-refractivity contribution in [3.63, 3.8) is 0 Å². The molecule has 1 atom stereocenters. The highest BCUT2D eigenvalue weighted by Gasteiger charge is 2.29. The average Bonchev–Trinajstić information content (AvgIpc) is 2.90. The number of carbonyl (C=O) groups excluding carboxylic acids is 2. The predicted octanol–water partition coefficient (Wildman–Crippen LogP) is 4.69. The third kappa shape index (κ3) is 3.92. The molecule has 1 unspecified atom stereocenters. The van der Waals surface area contributed by atoms with Crippen LogP contribution in [0.1, 0.15) is 71.3 Å². The topological polar surface area (TPSA) is 57.5 Å². The smallest absolute Gasteiger partial charge is 0.354 e. The van der Waals surface area contributed by atoms with Crippen LogP contribution in [0.15, 0.2) is 24.3 Å². The lowest BCUT2D eigenvalue weighted by Crippen LogP contribution is -2.25. The van der Waals surface area contributed by atoms with Gasteiger partial charge in [-0.1, -0.05) is 32.0 Å². The lowest BCUT2D eigenvalue weighted by Gasteiger charge is -2.18. The molecular formula is C22H29NO4. The Hall–Kier alpha value is -2.56. The maximum Gasteiger partial charge on any atom is 0.354 e. The Morgan fingerprint density at radius 3 is 2.30 bits per heavy atom. The third-order valence-corrected chi connectivity index (χ3v) is 4.92. The molecule has 0 saturated heterocycles. The highest BCUT2D eigenvalue weighted by Crippen LogP contribution is 2.29. The van der Waals surface area contributed by atoms with E-state index in [4.69, 9.17) is 9.47 Å². The summed E-state index contributed by atoms with van der Waals surface area (Å²) in [7, 11) is 1.35. The highest BCUT2D eigenvalue weighted by atomic mass is 16.5. The molecular weight excluding hydrogens is 342 g/mol. The van der Waals surface area contributed by atoms with E-state index in [1.165, 1.54) is 7.11 Å². The molecule has 0 aliphatic carbocycles. The van der Waals surface area contributed by atoms with Crippen molar-refractivity contribution >= 4 is 11.8 Å². The molecule has 2 rings (SSSR count). The maximum absolute atomic E-state index is 13.2. The number of rotatable bonds is 7. The first-order valence-corrected chi connectivity index (χ1v) is 9.32. The van der Waals surface area contributed by atoms with Crippen LogP contribution in [0.5, 0.6) is 5.75 Å². The van der Waals surface area contributed by atoms with Crippen molar-refractivity contribution in [1.82, 2.24) is 4.57 Å². The number of ether oxygens (including phenoxy) is 2. The third-order valence-electron chi connectivity index (χ3n) is 4.92. The first kappa shape index (κ1) is 20.7. The SMILES string of the molecule is CCn1c(C)c(C(=O)C(C)Oc2ccccc2C(C)C)c(C)c1C(=O)OC. The number of hydrogen-bond acceptors (Lipinski definition) is 4. The van der Waals surface area contributed by atoms with Gasteiger partial charge in [0.25, 0.3) is 0 Å². The molecule has 0 N–H and O–H groups in total. The van der Waals surface area contributed by atoms with Crippen molar-refractivity contribution in [3.05, 3.63) is 52.3 Å². The van der Waals surface area contributed by atoms with E-state index in [1.807, 2.05) is 42.7 Å².